The van der Waals surface area contributed by atoms with Gasteiger partial charge in [-0.2, -0.15) is 5.26 Å². The molecule has 2 aromatic heterocycles. The van der Waals surface area contributed by atoms with Crippen molar-refractivity contribution in [2.75, 3.05) is 14.2 Å². The average molecular weight is 385 g/mol. The minimum atomic E-state index is -0.197. The second-order valence-electron chi connectivity index (χ2n) is 6.62. The number of hydrogen-bond donors (Lipinski definition) is 1. The van der Waals surface area contributed by atoms with Gasteiger partial charge in [0.2, 0.25) is 0 Å². The third-order valence-electron chi connectivity index (χ3n) is 4.96. The third kappa shape index (κ3) is 2.93. The summed E-state index contributed by atoms with van der Waals surface area (Å²) in [6.07, 6.45) is 1.89. The maximum absolute atomic E-state index is 12.9. The lowest BCUT2D eigenvalue weighted by molar-refractivity contribution is 0.354. The van der Waals surface area contributed by atoms with Gasteiger partial charge in [0.25, 0.3) is 5.56 Å². The normalized spacial score (nSPS) is 11.6. The number of fused-ring (bicyclic) bond motifs is 3. The molecule has 6 nitrogen and oxygen atoms in total. The summed E-state index contributed by atoms with van der Waals surface area (Å²) in [6.45, 7) is 1.87. The molecule has 0 aliphatic rings. The fourth-order valence-electron chi connectivity index (χ4n) is 3.63. The highest BCUT2D eigenvalue weighted by molar-refractivity contribution is 5.89. The highest BCUT2D eigenvalue weighted by Crippen LogP contribution is 2.34. The zero-order valence-electron chi connectivity index (χ0n) is 16.3. The van der Waals surface area contributed by atoms with Gasteiger partial charge in [-0.25, -0.2) is 0 Å². The van der Waals surface area contributed by atoms with E-state index in [0.29, 0.717) is 28.3 Å². The number of imidazole rings is 1. The van der Waals surface area contributed by atoms with Crippen LogP contribution in [0.25, 0.3) is 28.3 Å². The fraction of sp³-hybridized carbons (Fsp3) is 0.130. The Balaban J connectivity index is 1.97. The van der Waals surface area contributed by atoms with Crippen molar-refractivity contribution in [1.82, 2.24) is 9.38 Å². The molecule has 4 rings (SSSR count). The summed E-state index contributed by atoms with van der Waals surface area (Å²) >= 11 is 0. The molecule has 0 fully saturated rings. The lowest BCUT2D eigenvalue weighted by Crippen LogP contribution is -2.14. The van der Waals surface area contributed by atoms with E-state index >= 15 is 0 Å². The number of benzene rings is 2. The predicted octanol–water partition coefficient (Wildman–Crippen LogP) is 4.23. The molecule has 0 radical (unpaired) electrons. The number of para-hydroxylation sites is 3. The van der Waals surface area contributed by atoms with E-state index in [9.17, 15) is 10.1 Å². The second kappa shape index (κ2) is 7.21. The van der Waals surface area contributed by atoms with Crippen LogP contribution in [0.5, 0.6) is 11.5 Å². The summed E-state index contributed by atoms with van der Waals surface area (Å²) in [7, 11) is 3.16. The molecule has 1 N–H and O–H groups in total. The van der Waals surface area contributed by atoms with E-state index in [1.54, 1.807) is 14.2 Å². The lowest BCUT2D eigenvalue weighted by atomic mass is 10.00. The average Bonchev–Trinajstić information content (AvgIpc) is 3.13. The molecule has 0 atom stereocenters. The first-order valence-corrected chi connectivity index (χ1v) is 9.05. The molecule has 0 saturated carbocycles. The smallest absolute Gasteiger partial charge is 0.257 e. The van der Waals surface area contributed by atoms with E-state index in [4.69, 9.17) is 9.47 Å². The highest BCUT2D eigenvalue weighted by Gasteiger charge is 2.16. The molecule has 2 heterocycles. The van der Waals surface area contributed by atoms with Crippen LogP contribution in [0.15, 0.2) is 53.3 Å². The molecule has 4 aromatic rings. The Morgan fingerprint density at radius 2 is 1.93 bits per heavy atom. The van der Waals surface area contributed by atoms with E-state index in [-0.39, 0.29) is 5.56 Å². The number of rotatable bonds is 4. The second-order valence-corrected chi connectivity index (χ2v) is 6.62. The Bertz CT molecular complexity index is 1370. The number of nitrogens with one attached hydrogen (secondary N) is 1. The Labute approximate surface area is 167 Å². The van der Waals surface area contributed by atoms with Gasteiger partial charge >= 0.3 is 0 Å². The van der Waals surface area contributed by atoms with Crippen LogP contribution < -0.4 is 15.0 Å². The van der Waals surface area contributed by atoms with E-state index in [1.807, 2.05) is 55.5 Å². The van der Waals surface area contributed by atoms with Crippen LogP contribution in [0.2, 0.25) is 0 Å². The Morgan fingerprint density at radius 1 is 1.14 bits per heavy atom. The van der Waals surface area contributed by atoms with Crippen LogP contribution in [0, 0.1) is 11.3 Å². The topological polar surface area (TPSA) is 79.5 Å². The number of aromatic nitrogens is 2. The molecular weight excluding hydrogens is 366 g/mol. The van der Waals surface area contributed by atoms with E-state index in [1.165, 1.54) is 10.5 Å². The molecule has 29 heavy (non-hydrogen) atoms. The van der Waals surface area contributed by atoms with Crippen LogP contribution >= 0.6 is 0 Å². The number of H-pyrrole nitrogens is 1. The van der Waals surface area contributed by atoms with Crippen molar-refractivity contribution in [3.63, 3.8) is 0 Å². The molecule has 0 aliphatic heterocycles. The molecule has 2 aromatic carbocycles. The standard InChI is InChI=1S/C23H19N3O3/c1-14(11-15-7-6-10-20(28-2)22(15)29-3)16-12-21(27)26-19-9-5-4-8-18(19)25-23(26)17(16)13-24/h4-12,25H,1-3H3/b14-11+. The van der Waals surface area contributed by atoms with E-state index < -0.39 is 0 Å². The van der Waals surface area contributed by atoms with Gasteiger partial charge < -0.3 is 14.5 Å². The van der Waals surface area contributed by atoms with Gasteiger partial charge in [0, 0.05) is 17.2 Å². The fourth-order valence-corrected chi connectivity index (χ4v) is 3.63. The van der Waals surface area contributed by atoms with Gasteiger partial charge in [-0.3, -0.25) is 9.20 Å². The quantitative estimate of drug-likeness (QED) is 0.570. The maximum Gasteiger partial charge on any atom is 0.257 e. The molecule has 0 unspecified atom stereocenters. The largest absolute Gasteiger partial charge is 0.493 e. The van der Waals surface area contributed by atoms with Crippen LogP contribution in [0.3, 0.4) is 0 Å². The Kier molecular flexibility index (Phi) is 4.57. The van der Waals surface area contributed by atoms with Crippen LogP contribution in [0.1, 0.15) is 23.6 Å². The van der Waals surface area contributed by atoms with Crippen LogP contribution in [-0.4, -0.2) is 23.6 Å². The summed E-state index contributed by atoms with van der Waals surface area (Å²) in [5.41, 5.74) is 4.39. The van der Waals surface area contributed by atoms with Crippen molar-refractivity contribution >= 4 is 28.3 Å². The third-order valence-corrected chi connectivity index (χ3v) is 4.96. The highest BCUT2D eigenvalue weighted by atomic mass is 16.5. The maximum atomic E-state index is 12.9. The van der Waals surface area contributed by atoms with Crippen molar-refractivity contribution < 1.29 is 9.47 Å². The van der Waals surface area contributed by atoms with Gasteiger partial charge in [0.05, 0.1) is 25.3 Å². The van der Waals surface area contributed by atoms with Crippen molar-refractivity contribution in [3.05, 3.63) is 75.6 Å². The first-order chi connectivity index (χ1) is 14.1. The number of pyridine rings is 1. The Morgan fingerprint density at radius 3 is 2.66 bits per heavy atom. The van der Waals surface area contributed by atoms with Crippen molar-refractivity contribution in [1.29, 1.82) is 5.26 Å². The summed E-state index contributed by atoms with van der Waals surface area (Å²) in [6, 6.07) is 16.8. The van der Waals surface area contributed by atoms with Gasteiger partial charge in [0.15, 0.2) is 11.5 Å². The van der Waals surface area contributed by atoms with Crippen molar-refractivity contribution in [2.45, 2.75) is 6.92 Å². The number of allylic oxidation sites excluding steroid dienone is 1. The molecule has 0 spiro atoms. The van der Waals surface area contributed by atoms with Gasteiger partial charge in [-0.15, -0.1) is 0 Å². The lowest BCUT2D eigenvalue weighted by Gasteiger charge is -2.11. The van der Waals surface area contributed by atoms with E-state index in [2.05, 4.69) is 11.1 Å². The monoisotopic (exact) mass is 385 g/mol. The zero-order chi connectivity index (χ0) is 20.5. The first kappa shape index (κ1) is 18.4. The molecule has 0 aliphatic carbocycles. The summed E-state index contributed by atoms with van der Waals surface area (Å²) in [4.78, 5) is 16.1. The minimum absolute atomic E-state index is 0.197. The van der Waals surface area contributed by atoms with Gasteiger partial charge in [-0.1, -0.05) is 24.3 Å². The SMILES string of the molecule is COc1cccc(/C=C(\C)c2cc(=O)n3c([nH]c4ccccc43)c2C#N)c1OC. The first-order valence-electron chi connectivity index (χ1n) is 9.05. The molecule has 0 saturated heterocycles. The van der Waals surface area contributed by atoms with Crippen molar-refractivity contribution in [2.24, 2.45) is 0 Å². The Hall–Kier alpha value is -3.98. The molecule has 6 heteroatoms. The van der Waals surface area contributed by atoms with E-state index in [0.717, 1.165) is 22.2 Å². The number of aromatic amines is 1. The number of ether oxygens (including phenoxy) is 2. The number of nitriles is 1. The predicted molar refractivity (Wildman–Crippen MR) is 113 cm³/mol. The van der Waals surface area contributed by atoms with Crippen molar-refractivity contribution in [3.8, 4) is 17.6 Å². The number of methoxy groups -OCH3 is 2. The molecule has 144 valence electrons. The number of nitrogens with zero attached hydrogens (tertiary/aromatic N) is 2. The summed E-state index contributed by atoms with van der Waals surface area (Å²) in [5.74, 6) is 1.21. The summed E-state index contributed by atoms with van der Waals surface area (Å²) in [5, 5.41) is 9.87. The molecule has 0 amide bonds. The zero-order valence-corrected chi connectivity index (χ0v) is 16.3. The molecule has 0 bridgehead atoms. The van der Waals surface area contributed by atoms with Crippen LogP contribution in [0.4, 0.5) is 0 Å². The summed E-state index contributed by atoms with van der Waals surface area (Å²) < 4.78 is 12.4. The van der Waals surface area contributed by atoms with Gasteiger partial charge in [-0.05, 0) is 36.8 Å². The number of hydrogen-bond acceptors (Lipinski definition) is 4. The van der Waals surface area contributed by atoms with Gasteiger partial charge in [0.1, 0.15) is 17.3 Å². The van der Waals surface area contributed by atoms with Crippen LogP contribution in [-0.2, 0) is 0 Å². The minimum Gasteiger partial charge on any atom is -0.493 e. The molecular formula is C23H19N3O3.